The molecule has 0 aliphatic carbocycles. The summed E-state index contributed by atoms with van der Waals surface area (Å²) in [5.74, 6) is -1.15. The molecule has 0 N–H and O–H groups in total. The maximum atomic E-state index is 13.5. The molecule has 0 aliphatic heterocycles. The fraction of sp³-hybridized carbons (Fsp3) is 0.458. The van der Waals surface area contributed by atoms with Gasteiger partial charge in [0.05, 0.1) is 24.0 Å². The minimum atomic E-state index is -4.12. The van der Waals surface area contributed by atoms with E-state index in [4.69, 9.17) is 13.4 Å². The molecule has 182 valence electrons. The molecule has 0 aliphatic rings. The van der Waals surface area contributed by atoms with E-state index in [0.29, 0.717) is 12.8 Å². The monoisotopic (exact) mass is 496 g/mol. The predicted molar refractivity (Wildman–Crippen MR) is 128 cm³/mol. The van der Waals surface area contributed by atoms with E-state index in [0.717, 1.165) is 17.5 Å². The maximum absolute atomic E-state index is 13.5. The maximum Gasteiger partial charge on any atom is 0.309 e. The average molecular weight is 497 g/mol. The van der Waals surface area contributed by atoms with E-state index in [1.807, 2.05) is 37.3 Å². The number of rotatable bonds is 14. The van der Waals surface area contributed by atoms with Crippen molar-refractivity contribution in [2.75, 3.05) is 25.7 Å². The third-order valence-electron chi connectivity index (χ3n) is 5.06. The number of ether oxygens (including phenoxy) is 1. The summed E-state index contributed by atoms with van der Waals surface area (Å²) in [6.07, 6.45) is 1.11. The molecular formula is C24H33O7PS. The first-order valence-electron chi connectivity index (χ1n) is 11.1. The minimum absolute atomic E-state index is 0.0269. The van der Waals surface area contributed by atoms with Crippen molar-refractivity contribution in [2.45, 2.75) is 44.9 Å². The van der Waals surface area contributed by atoms with Gasteiger partial charge in [-0.15, -0.1) is 0 Å². The molecule has 2 aromatic rings. The molecule has 0 saturated carbocycles. The Balaban J connectivity index is 2.09. The number of hydrogen-bond donors (Lipinski definition) is 0. The van der Waals surface area contributed by atoms with Crippen LogP contribution in [0.4, 0.5) is 0 Å². The van der Waals surface area contributed by atoms with Crippen molar-refractivity contribution < 1.29 is 31.2 Å². The summed E-state index contributed by atoms with van der Waals surface area (Å²) < 4.78 is 54.4. The normalized spacial score (nSPS) is 14.4. The van der Waals surface area contributed by atoms with Crippen LogP contribution in [0.15, 0.2) is 59.5 Å². The third kappa shape index (κ3) is 9.05. The van der Waals surface area contributed by atoms with Gasteiger partial charge < -0.3 is 9.26 Å². The highest BCUT2D eigenvalue weighted by Crippen LogP contribution is 2.50. The molecule has 33 heavy (non-hydrogen) atoms. The first kappa shape index (κ1) is 27.3. The molecular weight excluding hydrogens is 463 g/mol. The summed E-state index contributed by atoms with van der Waals surface area (Å²) in [6.45, 7) is 5.51. The zero-order valence-electron chi connectivity index (χ0n) is 19.4. The fourth-order valence-electron chi connectivity index (χ4n) is 3.38. The number of carbonyl (C=O) groups is 1. The molecule has 0 heterocycles. The van der Waals surface area contributed by atoms with Crippen molar-refractivity contribution in [3.8, 4) is 0 Å². The minimum Gasteiger partial charge on any atom is -0.466 e. The summed E-state index contributed by atoms with van der Waals surface area (Å²) in [5, 5.41) is 0. The Morgan fingerprint density at radius 3 is 2.27 bits per heavy atom. The Morgan fingerprint density at radius 2 is 1.67 bits per heavy atom. The van der Waals surface area contributed by atoms with Crippen molar-refractivity contribution >= 4 is 23.5 Å². The van der Waals surface area contributed by atoms with Crippen molar-refractivity contribution in [2.24, 2.45) is 5.92 Å². The van der Waals surface area contributed by atoms with E-state index < -0.39 is 35.7 Å². The highest BCUT2D eigenvalue weighted by molar-refractivity contribution is 7.87. The molecule has 2 aromatic carbocycles. The van der Waals surface area contributed by atoms with Crippen molar-refractivity contribution in [1.82, 2.24) is 0 Å². The lowest BCUT2D eigenvalue weighted by Crippen LogP contribution is -2.24. The average Bonchev–Trinajstić information content (AvgIpc) is 2.79. The Labute approximate surface area is 197 Å². The SMILES string of the molecule is CCOC(=O)C(CCCc1ccccc1)CP(=O)(COS(=O)(=O)c1ccc(C)cc1)OCC. The van der Waals surface area contributed by atoms with E-state index >= 15 is 0 Å². The summed E-state index contributed by atoms with van der Waals surface area (Å²) >= 11 is 0. The van der Waals surface area contributed by atoms with Gasteiger partial charge in [-0.25, -0.2) is 0 Å². The van der Waals surface area contributed by atoms with Crippen LogP contribution >= 0.6 is 7.37 Å². The molecule has 7 nitrogen and oxygen atoms in total. The highest BCUT2D eigenvalue weighted by atomic mass is 32.2. The Morgan fingerprint density at radius 1 is 1.00 bits per heavy atom. The van der Waals surface area contributed by atoms with Crippen LogP contribution in [-0.4, -0.2) is 40.1 Å². The van der Waals surface area contributed by atoms with Crippen molar-refractivity contribution in [1.29, 1.82) is 0 Å². The highest BCUT2D eigenvalue weighted by Gasteiger charge is 2.34. The smallest absolute Gasteiger partial charge is 0.309 e. The van der Waals surface area contributed by atoms with Crippen molar-refractivity contribution in [3.05, 3.63) is 65.7 Å². The molecule has 0 saturated heterocycles. The number of carbonyl (C=O) groups excluding carboxylic acids is 1. The van der Waals surface area contributed by atoms with Gasteiger partial charge in [0.15, 0.2) is 0 Å². The standard InChI is InChI=1S/C24H33O7PS/c1-4-29-24(25)22(13-9-12-21-10-7-6-8-11-21)18-32(26,30-5-2)19-31-33(27,28)23-16-14-20(3)15-17-23/h6-8,10-11,14-17,22H,4-5,9,12-13,18-19H2,1-3H3. The number of aryl methyl sites for hydroxylation is 2. The lowest BCUT2D eigenvalue weighted by molar-refractivity contribution is -0.147. The van der Waals surface area contributed by atoms with Crippen LogP contribution in [0.2, 0.25) is 0 Å². The van der Waals surface area contributed by atoms with Gasteiger partial charge in [0.25, 0.3) is 10.1 Å². The van der Waals surface area contributed by atoms with Crippen LogP contribution in [0.3, 0.4) is 0 Å². The molecule has 2 unspecified atom stereocenters. The van der Waals surface area contributed by atoms with Crippen LogP contribution in [0.1, 0.15) is 37.8 Å². The first-order chi connectivity index (χ1) is 15.7. The van der Waals surface area contributed by atoms with Crippen LogP contribution < -0.4 is 0 Å². The van der Waals surface area contributed by atoms with Gasteiger partial charge in [0.2, 0.25) is 7.37 Å². The van der Waals surface area contributed by atoms with Crippen LogP contribution in [-0.2, 0) is 39.3 Å². The number of esters is 1. The quantitative estimate of drug-likeness (QED) is 0.202. The predicted octanol–water partition coefficient (Wildman–Crippen LogP) is 5.17. The van der Waals surface area contributed by atoms with Gasteiger partial charge in [0.1, 0.15) is 6.35 Å². The Bertz CT molecular complexity index is 1020. The molecule has 2 rings (SSSR count). The second-order valence-electron chi connectivity index (χ2n) is 7.76. The third-order valence-corrected chi connectivity index (χ3v) is 8.76. The molecule has 0 bridgehead atoms. The summed E-state index contributed by atoms with van der Waals surface area (Å²) in [7, 11) is -7.71. The van der Waals surface area contributed by atoms with Crippen molar-refractivity contribution in [3.63, 3.8) is 0 Å². The van der Waals surface area contributed by atoms with E-state index in [1.54, 1.807) is 26.0 Å². The van der Waals surface area contributed by atoms with Gasteiger partial charge >= 0.3 is 5.97 Å². The van der Waals surface area contributed by atoms with Gasteiger partial charge in [-0.3, -0.25) is 13.5 Å². The largest absolute Gasteiger partial charge is 0.466 e. The molecule has 0 fully saturated rings. The summed E-state index contributed by atoms with van der Waals surface area (Å²) in [4.78, 5) is 12.5. The first-order valence-corrected chi connectivity index (χ1v) is 14.5. The topological polar surface area (TPSA) is 96.0 Å². The van der Waals surface area contributed by atoms with Gasteiger partial charge in [0, 0.05) is 6.16 Å². The molecule has 0 amide bonds. The summed E-state index contributed by atoms with van der Waals surface area (Å²) in [5.41, 5.74) is 2.04. The Hall–Kier alpha value is -1.99. The lowest BCUT2D eigenvalue weighted by Gasteiger charge is -2.23. The molecule has 0 aromatic heterocycles. The zero-order valence-corrected chi connectivity index (χ0v) is 21.1. The Kier molecular flexibility index (Phi) is 10.8. The van der Waals surface area contributed by atoms with E-state index in [1.165, 1.54) is 12.1 Å². The van der Waals surface area contributed by atoms with Crippen LogP contribution in [0.25, 0.3) is 0 Å². The van der Waals surface area contributed by atoms with Crippen LogP contribution in [0, 0.1) is 12.8 Å². The van der Waals surface area contributed by atoms with Gasteiger partial charge in [-0.05, 0) is 57.7 Å². The molecule has 2 atom stereocenters. The second kappa shape index (κ2) is 13.0. The van der Waals surface area contributed by atoms with Gasteiger partial charge in [-0.2, -0.15) is 8.42 Å². The fourth-order valence-corrected chi connectivity index (χ4v) is 6.94. The number of hydrogen-bond acceptors (Lipinski definition) is 7. The number of benzene rings is 2. The van der Waals surface area contributed by atoms with Gasteiger partial charge in [-0.1, -0.05) is 48.0 Å². The second-order valence-corrected chi connectivity index (χ2v) is 11.9. The molecule has 0 radical (unpaired) electrons. The van der Waals surface area contributed by atoms with E-state index in [2.05, 4.69) is 0 Å². The van der Waals surface area contributed by atoms with E-state index in [9.17, 15) is 17.8 Å². The van der Waals surface area contributed by atoms with Crippen LogP contribution in [0.5, 0.6) is 0 Å². The molecule has 9 heteroatoms. The van der Waals surface area contributed by atoms with E-state index in [-0.39, 0.29) is 24.3 Å². The zero-order chi connectivity index (χ0) is 24.3. The lowest BCUT2D eigenvalue weighted by atomic mass is 10.0. The molecule has 0 spiro atoms. The summed E-state index contributed by atoms with van der Waals surface area (Å²) in [6, 6.07) is 16.0.